The van der Waals surface area contributed by atoms with Crippen molar-refractivity contribution in [1.82, 2.24) is 9.21 Å². The van der Waals surface area contributed by atoms with Crippen LogP contribution in [0.1, 0.15) is 16.7 Å². The van der Waals surface area contributed by atoms with Crippen molar-refractivity contribution < 1.29 is 13.2 Å². The zero-order valence-electron chi connectivity index (χ0n) is 14.9. The summed E-state index contributed by atoms with van der Waals surface area (Å²) >= 11 is 11.9. The summed E-state index contributed by atoms with van der Waals surface area (Å²) in [7, 11) is -3.57. The summed E-state index contributed by atoms with van der Waals surface area (Å²) in [5, 5.41) is 0.746. The first-order valence-corrected chi connectivity index (χ1v) is 11.1. The normalized spacial score (nSPS) is 14.3. The molecule has 0 saturated carbocycles. The molecule has 27 heavy (non-hydrogen) atoms. The minimum atomic E-state index is -3.57. The third-order valence-electron chi connectivity index (χ3n) is 4.61. The second-order valence-corrected chi connectivity index (χ2v) is 9.41. The van der Waals surface area contributed by atoms with E-state index < -0.39 is 10.0 Å². The Balaban J connectivity index is 1.73. The number of nitrogens with zero attached hydrogens (tertiary/aromatic N) is 2. The van der Waals surface area contributed by atoms with Crippen molar-refractivity contribution in [2.24, 2.45) is 0 Å². The van der Waals surface area contributed by atoms with Crippen molar-refractivity contribution in [2.75, 3.05) is 19.3 Å². The van der Waals surface area contributed by atoms with E-state index in [1.54, 1.807) is 23.1 Å². The summed E-state index contributed by atoms with van der Waals surface area (Å²) in [6.07, 6.45) is 1.87. The third-order valence-corrected chi connectivity index (χ3v) is 6.54. The van der Waals surface area contributed by atoms with E-state index in [1.165, 1.54) is 5.56 Å². The Bertz CT molecular complexity index is 963. The molecule has 0 fully saturated rings. The maximum Gasteiger partial charge on any atom is 0.238 e. The minimum absolute atomic E-state index is 0.0614. The average Bonchev–Trinajstić information content (AvgIpc) is 2.63. The van der Waals surface area contributed by atoms with E-state index in [-0.39, 0.29) is 19.0 Å². The number of carbonyl (C=O) groups is 1. The highest BCUT2D eigenvalue weighted by molar-refractivity contribution is 7.88. The molecule has 144 valence electrons. The Labute approximate surface area is 169 Å². The highest BCUT2D eigenvalue weighted by Crippen LogP contribution is 2.24. The SMILES string of the molecule is CS(=O)(=O)N(CC(=O)N1CCc2ccccc2C1)Cc1ccc(Cl)c(Cl)c1. The first-order valence-electron chi connectivity index (χ1n) is 8.47. The average molecular weight is 427 g/mol. The van der Waals surface area contributed by atoms with Crippen LogP contribution in [0, 0.1) is 0 Å². The van der Waals surface area contributed by atoms with Gasteiger partial charge in [-0.15, -0.1) is 0 Å². The van der Waals surface area contributed by atoms with Crippen LogP contribution >= 0.6 is 23.2 Å². The molecule has 0 unspecified atom stereocenters. The Morgan fingerprint density at radius 2 is 1.81 bits per heavy atom. The largest absolute Gasteiger partial charge is 0.337 e. The maximum absolute atomic E-state index is 12.7. The van der Waals surface area contributed by atoms with Crippen LogP contribution in [0.25, 0.3) is 0 Å². The first-order chi connectivity index (χ1) is 12.7. The molecule has 1 amide bonds. The van der Waals surface area contributed by atoms with Crippen LogP contribution in [-0.4, -0.2) is 42.9 Å². The monoisotopic (exact) mass is 426 g/mol. The molecule has 2 aromatic rings. The molecule has 5 nitrogen and oxygen atoms in total. The zero-order valence-corrected chi connectivity index (χ0v) is 17.2. The Kier molecular flexibility index (Phi) is 6.11. The fraction of sp³-hybridized carbons (Fsp3) is 0.316. The molecule has 0 bridgehead atoms. The third kappa shape index (κ3) is 5.02. The van der Waals surface area contributed by atoms with Gasteiger partial charge in [-0.2, -0.15) is 4.31 Å². The summed E-state index contributed by atoms with van der Waals surface area (Å²) in [4.78, 5) is 14.5. The van der Waals surface area contributed by atoms with Crippen molar-refractivity contribution in [3.05, 3.63) is 69.2 Å². The van der Waals surface area contributed by atoms with Gasteiger partial charge in [0, 0.05) is 19.6 Å². The van der Waals surface area contributed by atoms with Gasteiger partial charge in [0.1, 0.15) is 0 Å². The standard InChI is InChI=1S/C19H20Cl2N2O3S/c1-27(25,26)23(11-14-6-7-17(20)18(21)10-14)13-19(24)22-9-8-15-4-2-3-5-16(15)12-22/h2-7,10H,8-9,11-13H2,1H3. The molecule has 0 N–H and O–H groups in total. The van der Waals surface area contributed by atoms with Crippen LogP contribution in [0.15, 0.2) is 42.5 Å². The summed E-state index contributed by atoms with van der Waals surface area (Å²) in [6, 6.07) is 12.9. The van der Waals surface area contributed by atoms with Crippen LogP contribution in [0.4, 0.5) is 0 Å². The first kappa shape index (κ1) is 20.1. The predicted molar refractivity (Wildman–Crippen MR) is 107 cm³/mol. The molecule has 0 saturated heterocycles. The van der Waals surface area contributed by atoms with Crippen LogP contribution in [0.2, 0.25) is 10.0 Å². The predicted octanol–water partition coefficient (Wildman–Crippen LogP) is 3.34. The van der Waals surface area contributed by atoms with Crippen LogP contribution in [0.3, 0.4) is 0 Å². The van der Waals surface area contributed by atoms with Crippen molar-refractivity contribution in [1.29, 1.82) is 0 Å². The van der Waals surface area contributed by atoms with Crippen molar-refractivity contribution in [3.63, 3.8) is 0 Å². The molecule has 0 aliphatic carbocycles. The molecule has 3 rings (SSSR count). The van der Waals surface area contributed by atoms with E-state index >= 15 is 0 Å². The van der Waals surface area contributed by atoms with Crippen LogP contribution in [0.5, 0.6) is 0 Å². The van der Waals surface area contributed by atoms with Crippen LogP contribution in [-0.2, 0) is 34.3 Å². The summed E-state index contributed by atoms with van der Waals surface area (Å²) in [5.74, 6) is -0.213. The molecule has 1 aliphatic rings. The fourth-order valence-electron chi connectivity index (χ4n) is 3.09. The van der Waals surface area contributed by atoms with Crippen molar-refractivity contribution >= 4 is 39.1 Å². The minimum Gasteiger partial charge on any atom is -0.337 e. The van der Waals surface area contributed by atoms with E-state index in [2.05, 4.69) is 6.07 Å². The lowest BCUT2D eigenvalue weighted by Crippen LogP contribution is -2.44. The Morgan fingerprint density at radius 3 is 2.48 bits per heavy atom. The summed E-state index contributed by atoms with van der Waals surface area (Å²) in [5.41, 5.74) is 3.01. The molecule has 1 heterocycles. The molecule has 8 heteroatoms. The van der Waals surface area contributed by atoms with E-state index in [1.807, 2.05) is 18.2 Å². The van der Waals surface area contributed by atoms with Gasteiger partial charge in [0.05, 0.1) is 22.8 Å². The summed E-state index contributed by atoms with van der Waals surface area (Å²) in [6.45, 7) is 0.937. The van der Waals surface area contributed by atoms with Gasteiger partial charge in [0.2, 0.25) is 15.9 Å². The molecular weight excluding hydrogens is 407 g/mol. The Hall–Kier alpha value is -1.60. The van der Waals surface area contributed by atoms with Crippen molar-refractivity contribution in [3.8, 4) is 0 Å². The van der Waals surface area contributed by atoms with Gasteiger partial charge in [0.25, 0.3) is 0 Å². The van der Waals surface area contributed by atoms with Crippen LogP contribution < -0.4 is 0 Å². The quantitative estimate of drug-likeness (QED) is 0.736. The molecule has 0 spiro atoms. The highest BCUT2D eigenvalue weighted by Gasteiger charge is 2.26. The molecular formula is C19H20Cl2N2O3S. The summed E-state index contributed by atoms with van der Waals surface area (Å²) < 4.78 is 25.6. The molecule has 1 aliphatic heterocycles. The molecule has 0 radical (unpaired) electrons. The number of hydrogen-bond acceptors (Lipinski definition) is 3. The van der Waals surface area contributed by atoms with Gasteiger partial charge >= 0.3 is 0 Å². The molecule has 0 aromatic heterocycles. The van der Waals surface area contributed by atoms with Crippen molar-refractivity contribution in [2.45, 2.75) is 19.5 Å². The number of benzene rings is 2. The van der Waals surface area contributed by atoms with E-state index in [9.17, 15) is 13.2 Å². The van der Waals surface area contributed by atoms with Gasteiger partial charge in [0.15, 0.2) is 0 Å². The lowest BCUT2D eigenvalue weighted by Gasteiger charge is -2.30. The topological polar surface area (TPSA) is 57.7 Å². The number of rotatable bonds is 5. The maximum atomic E-state index is 12.7. The van der Waals surface area contributed by atoms with E-state index in [0.717, 1.165) is 22.5 Å². The molecule has 2 aromatic carbocycles. The van der Waals surface area contributed by atoms with Gasteiger partial charge in [-0.3, -0.25) is 4.79 Å². The second kappa shape index (κ2) is 8.19. The van der Waals surface area contributed by atoms with Gasteiger partial charge in [-0.1, -0.05) is 53.5 Å². The van der Waals surface area contributed by atoms with E-state index in [0.29, 0.717) is 28.7 Å². The number of hydrogen-bond donors (Lipinski definition) is 0. The number of fused-ring (bicyclic) bond motifs is 1. The van der Waals surface area contributed by atoms with Gasteiger partial charge < -0.3 is 4.90 Å². The number of carbonyl (C=O) groups excluding carboxylic acids is 1. The van der Waals surface area contributed by atoms with Gasteiger partial charge in [-0.25, -0.2) is 8.42 Å². The number of amides is 1. The lowest BCUT2D eigenvalue weighted by atomic mass is 10.00. The lowest BCUT2D eigenvalue weighted by molar-refractivity contribution is -0.132. The second-order valence-electron chi connectivity index (χ2n) is 6.61. The number of sulfonamides is 1. The van der Waals surface area contributed by atoms with Gasteiger partial charge in [-0.05, 0) is 35.2 Å². The van der Waals surface area contributed by atoms with E-state index in [4.69, 9.17) is 23.2 Å². The fourth-order valence-corrected chi connectivity index (χ4v) is 4.14. The Morgan fingerprint density at radius 1 is 1.11 bits per heavy atom. The highest BCUT2D eigenvalue weighted by atomic mass is 35.5. The zero-order chi connectivity index (χ0) is 19.6. The number of halogens is 2. The smallest absolute Gasteiger partial charge is 0.238 e. The molecule has 0 atom stereocenters.